The minimum atomic E-state index is -0.575. The van der Waals surface area contributed by atoms with E-state index >= 15 is 0 Å². The molecule has 0 amide bonds. The first-order valence-electron chi connectivity index (χ1n) is 13.7. The summed E-state index contributed by atoms with van der Waals surface area (Å²) >= 11 is 0. The summed E-state index contributed by atoms with van der Waals surface area (Å²) in [5.41, 5.74) is 5.68. The van der Waals surface area contributed by atoms with E-state index in [0.717, 1.165) is 22.4 Å². The number of dihydropyridines is 1. The lowest BCUT2D eigenvalue weighted by Crippen LogP contribution is -2.36. The number of hydrogen-bond donors (Lipinski definition) is 1. The summed E-state index contributed by atoms with van der Waals surface area (Å²) in [5.74, 6) is -0.200. The first-order valence-corrected chi connectivity index (χ1v) is 13.7. The van der Waals surface area contributed by atoms with Crippen LogP contribution in [-0.4, -0.2) is 17.9 Å². The van der Waals surface area contributed by atoms with Crippen LogP contribution in [0.15, 0.2) is 107 Å². The Labute approximate surface area is 230 Å². The van der Waals surface area contributed by atoms with Crippen LogP contribution < -0.4 is 10.1 Å². The van der Waals surface area contributed by atoms with E-state index in [0.29, 0.717) is 48.5 Å². The van der Waals surface area contributed by atoms with Crippen LogP contribution in [0.1, 0.15) is 68.6 Å². The van der Waals surface area contributed by atoms with Gasteiger partial charge >= 0.3 is 5.97 Å². The molecule has 5 rings (SSSR count). The number of carbonyl (C=O) groups excluding carboxylic acids is 2. The summed E-state index contributed by atoms with van der Waals surface area (Å²) in [6.45, 7) is 6.15. The van der Waals surface area contributed by atoms with Gasteiger partial charge in [-0.2, -0.15) is 0 Å². The number of ketones is 1. The Kier molecular flexibility index (Phi) is 7.97. The monoisotopic (exact) mass is 521 g/mol. The van der Waals surface area contributed by atoms with E-state index in [4.69, 9.17) is 9.47 Å². The Morgan fingerprint density at radius 3 is 2.33 bits per heavy atom. The zero-order valence-electron chi connectivity index (χ0n) is 22.8. The molecule has 3 atom stereocenters. The molecule has 5 nitrogen and oxygen atoms in total. The Morgan fingerprint density at radius 2 is 1.62 bits per heavy atom. The lowest BCUT2D eigenvalue weighted by molar-refractivity contribution is -0.144. The van der Waals surface area contributed by atoms with Gasteiger partial charge in [-0.25, -0.2) is 4.79 Å². The molecule has 1 aliphatic heterocycles. The molecule has 0 aromatic heterocycles. The number of esters is 1. The topological polar surface area (TPSA) is 64.6 Å². The predicted molar refractivity (Wildman–Crippen MR) is 152 cm³/mol. The Balaban J connectivity index is 1.57. The van der Waals surface area contributed by atoms with Crippen LogP contribution in [0.25, 0.3) is 0 Å². The van der Waals surface area contributed by atoms with Gasteiger partial charge in [-0.05, 0) is 49.8 Å². The molecule has 0 radical (unpaired) electrons. The first-order chi connectivity index (χ1) is 19.0. The standard InChI is InChI=1S/C34H35NO4/c1-4-22(2)39-34(37)31-23(3)35-28-19-26(25-15-9-6-10-16-25)20-29(36)33(28)32(31)27-17-11-12-18-30(27)38-21-24-13-7-5-8-14-24/h5-18,22,26,32,35H,4,19-21H2,1-3H3/t22-,26+,32+/m0/s1. The average Bonchev–Trinajstić information content (AvgIpc) is 2.96. The molecule has 39 heavy (non-hydrogen) atoms. The van der Waals surface area contributed by atoms with Gasteiger partial charge in [0, 0.05) is 29.0 Å². The molecule has 0 bridgehead atoms. The van der Waals surface area contributed by atoms with Gasteiger partial charge in [0.1, 0.15) is 12.4 Å². The molecule has 3 aromatic carbocycles. The van der Waals surface area contributed by atoms with Gasteiger partial charge in [-0.15, -0.1) is 0 Å². The fourth-order valence-corrected chi connectivity index (χ4v) is 5.50. The Bertz CT molecular complexity index is 1410. The molecule has 0 fully saturated rings. The highest BCUT2D eigenvalue weighted by Crippen LogP contribution is 2.47. The molecule has 0 unspecified atom stereocenters. The molecule has 0 saturated carbocycles. The van der Waals surface area contributed by atoms with Crippen LogP contribution in [-0.2, 0) is 20.9 Å². The molecule has 3 aromatic rings. The highest BCUT2D eigenvalue weighted by atomic mass is 16.5. The largest absolute Gasteiger partial charge is 0.489 e. The van der Waals surface area contributed by atoms with Gasteiger partial charge in [0.2, 0.25) is 0 Å². The van der Waals surface area contributed by atoms with Gasteiger partial charge in [0.05, 0.1) is 17.6 Å². The number of Topliss-reactive ketones (excluding diaryl/α,β-unsaturated/α-hetero) is 1. The summed E-state index contributed by atoms with van der Waals surface area (Å²) in [6, 6.07) is 27.8. The van der Waals surface area contributed by atoms with Crippen molar-refractivity contribution in [3.63, 3.8) is 0 Å². The molecule has 1 N–H and O–H groups in total. The van der Waals surface area contributed by atoms with E-state index in [-0.39, 0.29) is 17.8 Å². The average molecular weight is 522 g/mol. The number of rotatable bonds is 8. The third-order valence-corrected chi connectivity index (χ3v) is 7.67. The summed E-state index contributed by atoms with van der Waals surface area (Å²) in [4.78, 5) is 27.6. The van der Waals surface area contributed by atoms with E-state index in [1.807, 2.05) is 93.6 Å². The van der Waals surface area contributed by atoms with E-state index in [2.05, 4.69) is 17.4 Å². The summed E-state index contributed by atoms with van der Waals surface area (Å²) in [7, 11) is 0. The lowest BCUT2D eigenvalue weighted by atomic mass is 9.71. The van der Waals surface area contributed by atoms with Crippen LogP contribution in [0, 0.1) is 0 Å². The Morgan fingerprint density at radius 1 is 0.949 bits per heavy atom. The van der Waals surface area contributed by atoms with Gasteiger partial charge in [0.25, 0.3) is 0 Å². The fraction of sp³-hybridized carbons (Fsp3) is 0.294. The SMILES string of the molecule is CC[C@H](C)OC(=O)C1=C(C)NC2=C(C(=O)C[C@H](c3ccccc3)C2)[C@@H]1c1ccccc1OCc1ccccc1. The van der Waals surface area contributed by atoms with E-state index < -0.39 is 11.9 Å². The molecule has 200 valence electrons. The van der Waals surface area contributed by atoms with Crippen LogP contribution in [0.3, 0.4) is 0 Å². The lowest BCUT2D eigenvalue weighted by Gasteiger charge is -2.37. The maximum absolute atomic E-state index is 13.9. The van der Waals surface area contributed by atoms with Crippen LogP contribution in [0.5, 0.6) is 5.75 Å². The number of ether oxygens (including phenoxy) is 2. The number of carbonyl (C=O) groups is 2. The first kappa shape index (κ1) is 26.5. The normalized spacial score (nSPS) is 19.7. The number of para-hydroxylation sites is 1. The van der Waals surface area contributed by atoms with Crippen LogP contribution in [0.2, 0.25) is 0 Å². The maximum Gasteiger partial charge on any atom is 0.337 e. The van der Waals surface area contributed by atoms with Gasteiger partial charge in [-0.1, -0.05) is 85.8 Å². The van der Waals surface area contributed by atoms with E-state index in [1.54, 1.807) is 0 Å². The van der Waals surface area contributed by atoms with E-state index in [9.17, 15) is 9.59 Å². The zero-order chi connectivity index (χ0) is 27.4. The van der Waals surface area contributed by atoms with Crippen molar-refractivity contribution in [2.75, 3.05) is 0 Å². The van der Waals surface area contributed by atoms with Crippen molar-refractivity contribution in [3.05, 3.63) is 124 Å². The molecule has 0 spiro atoms. The second-order valence-corrected chi connectivity index (χ2v) is 10.4. The molecule has 1 heterocycles. The van der Waals surface area contributed by atoms with Crippen LogP contribution in [0.4, 0.5) is 0 Å². The second-order valence-electron chi connectivity index (χ2n) is 10.4. The number of hydrogen-bond acceptors (Lipinski definition) is 5. The smallest absolute Gasteiger partial charge is 0.337 e. The Hall–Kier alpha value is -4.12. The van der Waals surface area contributed by atoms with Crippen molar-refractivity contribution >= 4 is 11.8 Å². The minimum absolute atomic E-state index is 0.0433. The minimum Gasteiger partial charge on any atom is -0.489 e. The molecular formula is C34H35NO4. The van der Waals surface area contributed by atoms with Crippen molar-refractivity contribution in [2.24, 2.45) is 0 Å². The van der Waals surface area contributed by atoms with Crippen molar-refractivity contribution in [3.8, 4) is 5.75 Å². The highest BCUT2D eigenvalue weighted by Gasteiger charge is 2.42. The van der Waals surface area contributed by atoms with Crippen molar-refractivity contribution in [1.29, 1.82) is 0 Å². The fourth-order valence-electron chi connectivity index (χ4n) is 5.50. The molecule has 0 saturated heterocycles. The highest BCUT2D eigenvalue weighted by molar-refractivity contribution is 6.04. The van der Waals surface area contributed by atoms with E-state index in [1.165, 1.54) is 0 Å². The third-order valence-electron chi connectivity index (χ3n) is 7.67. The zero-order valence-corrected chi connectivity index (χ0v) is 22.8. The number of nitrogens with one attached hydrogen (secondary N) is 1. The summed E-state index contributed by atoms with van der Waals surface area (Å²) < 4.78 is 12.1. The van der Waals surface area contributed by atoms with Crippen molar-refractivity contribution in [2.45, 2.75) is 64.6 Å². The number of allylic oxidation sites excluding steroid dienone is 3. The molecule has 5 heteroatoms. The number of benzene rings is 3. The third kappa shape index (κ3) is 5.68. The summed E-state index contributed by atoms with van der Waals surface area (Å²) in [5, 5.41) is 3.44. The van der Waals surface area contributed by atoms with Crippen molar-refractivity contribution in [1.82, 2.24) is 5.32 Å². The van der Waals surface area contributed by atoms with Gasteiger partial charge in [0.15, 0.2) is 5.78 Å². The second kappa shape index (κ2) is 11.7. The maximum atomic E-state index is 13.9. The van der Waals surface area contributed by atoms with Gasteiger partial charge in [-0.3, -0.25) is 4.79 Å². The molecule has 2 aliphatic rings. The molecule has 1 aliphatic carbocycles. The van der Waals surface area contributed by atoms with Crippen molar-refractivity contribution < 1.29 is 19.1 Å². The molecular weight excluding hydrogens is 486 g/mol. The van der Waals surface area contributed by atoms with Gasteiger partial charge < -0.3 is 14.8 Å². The van der Waals surface area contributed by atoms with Crippen LogP contribution >= 0.6 is 0 Å². The predicted octanol–water partition coefficient (Wildman–Crippen LogP) is 6.97. The quantitative estimate of drug-likeness (QED) is 0.324. The summed E-state index contributed by atoms with van der Waals surface area (Å²) in [6.07, 6.45) is 1.56.